The minimum Gasteiger partial charge on any atom is -0.484 e. The summed E-state index contributed by atoms with van der Waals surface area (Å²) < 4.78 is 6.54. The summed E-state index contributed by atoms with van der Waals surface area (Å²) in [6.45, 7) is 5.56. The average Bonchev–Trinajstić information content (AvgIpc) is 2.72. The summed E-state index contributed by atoms with van der Waals surface area (Å²) in [6, 6.07) is 11.5. The third kappa shape index (κ3) is 7.18. The van der Waals surface area contributed by atoms with Crippen LogP contribution >= 0.6 is 39.1 Å². The van der Waals surface area contributed by atoms with Gasteiger partial charge in [-0.15, -0.1) is 0 Å². The standard InChI is InChI=1S/C22H25BrCl2N2O3/c1-4-14(2)26-22(29)15(3)27(12-16-5-8-18(24)11-20(16)25)21(28)13-30-19-9-6-17(23)7-10-19/h5-11,14-15H,4,12-13H2,1-3H3,(H,26,29)/t14-,15-/m1/s1. The number of hydrogen-bond acceptors (Lipinski definition) is 3. The van der Waals surface area contributed by atoms with Crippen molar-refractivity contribution in [1.82, 2.24) is 10.2 Å². The van der Waals surface area contributed by atoms with Crippen molar-refractivity contribution in [3.05, 3.63) is 62.5 Å². The van der Waals surface area contributed by atoms with Crippen LogP contribution < -0.4 is 10.1 Å². The average molecular weight is 516 g/mol. The minimum absolute atomic E-state index is 0.00929. The van der Waals surface area contributed by atoms with Crippen LogP contribution in [0.5, 0.6) is 5.75 Å². The van der Waals surface area contributed by atoms with Gasteiger partial charge < -0.3 is 15.0 Å². The molecule has 0 aliphatic rings. The molecule has 0 aliphatic heterocycles. The van der Waals surface area contributed by atoms with Crippen LogP contribution in [-0.4, -0.2) is 35.4 Å². The molecular weight excluding hydrogens is 491 g/mol. The molecule has 2 aromatic rings. The van der Waals surface area contributed by atoms with Crippen molar-refractivity contribution in [3.63, 3.8) is 0 Å². The van der Waals surface area contributed by atoms with E-state index in [9.17, 15) is 9.59 Å². The zero-order valence-electron chi connectivity index (χ0n) is 17.1. The number of carbonyl (C=O) groups is 2. The summed E-state index contributed by atoms with van der Waals surface area (Å²) in [4.78, 5) is 27.2. The number of ether oxygens (including phenoxy) is 1. The molecule has 2 atom stereocenters. The van der Waals surface area contributed by atoms with Crippen LogP contribution in [0.4, 0.5) is 0 Å². The number of nitrogens with zero attached hydrogens (tertiary/aromatic N) is 1. The van der Waals surface area contributed by atoms with E-state index in [2.05, 4.69) is 21.2 Å². The summed E-state index contributed by atoms with van der Waals surface area (Å²) in [6.07, 6.45) is 0.794. The molecule has 0 saturated carbocycles. The van der Waals surface area contributed by atoms with Gasteiger partial charge in [0, 0.05) is 27.1 Å². The molecule has 0 aromatic heterocycles. The Hall–Kier alpha value is -1.76. The Morgan fingerprint density at radius 2 is 1.80 bits per heavy atom. The van der Waals surface area contributed by atoms with E-state index in [1.54, 1.807) is 37.3 Å². The maximum absolute atomic E-state index is 13.0. The molecule has 1 N–H and O–H groups in total. The van der Waals surface area contributed by atoms with Crippen LogP contribution in [0, 0.1) is 0 Å². The lowest BCUT2D eigenvalue weighted by molar-refractivity contribution is -0.142. The number of nitrogens with one attached hydrogen (secondary N) is 1. The third-order valence-corrected chi connectivity index (χ3v) is 5.82. The van der Waals surface area contributed by atoms with Crippen molar-refractivity contribution >= 4 is 50.9 Å². The molecule has 2 amide bonds. The summed E-state index contributed by atoms with van der Waals surface area (Å²) in [5.41, 5.74) is 0.696. The second-order valence-electron chi connectivity index (χ2n) is 6.99. The predicted molar refractivity (Wildman–Crippen MR) is 124 cm³/mol. The topological polar surface area (TPSA) is 58.6 Å². The zero-order chi connectivity index (χ0) is 22.3. The largest absolute Gasteiger partial charge is 0.484 e. The van der Waals surface area contributed by atoms with Gasteiger partial charge in [0.2, 0.25) is 5.91 Å². The smallest absolute Gasteiger partial charge is 0.261 e. The number of hydrogen-bond donors (Lipinski definition) is 1. The number of amides is 2. The van der Waals surface area contributed by atoms with Crippen molar-refractivity contribution in [1.29, 1.82) is 0 Å². The van der Waals surface area contributed by atoms with Crippen molar-refractivity contribution in [3.8, 4) is 5.75 Å². The van der Waals surface area contributed by atoms with E-state index in [1.807, 2.05) is 26.0 Å². The second-order valence-corrected chi connectivity index (χ2v) is 8.75. The molecule has 2 rings (SSSR count). The molecule has 162 valence electrons. The lowest BCUT2D eigenvalue weighted by atomic mass is 10.1. The van der Waals surface area contributed by atoms with Gasteiger partial charge in [-0.05, 0) is 62.2 Å². The van der Waals surface area contributed by atoms with E-state index in [0.717, 1.165) is 10.9 Å². The van der Waals surface area contributed by atoms with Crippen molar-refractivity contribution in [2.24, 2.45) is 0 Å². The third-order valence-electron chi connectivity index (χ3n) is 4.70. The Kier molecular flexibility index (Phi) is 9.46. The van der Waals surface area contributed by atoms with Gasteiger partial charge in [-0.3, -0.25) is 9.59 Å². The molecule has 5 nitrogen and oxygen atoms in total. The number of rotatable bonds is 9. The number of carbonyl (C=O) groups excluding carboxylic acids is 2. The molecule has 0 unspecified atom stereocenters. The first kappa shape index (κ1) is 24.5. The maximum atomic E-state index is 13.0. The number of halogens is 3. The first-order valence-electron chi connectivity index (χ1n) is 9.63. The Morgan fingerprint density at radius 1 is 1.13 bits per heavy atom. The highest BCUT2D eigenvalue weighted by Gasteiger charge is 2.27. The molecule has 30 heavy (non-hydrogen) atoms. The van der Waals surface area contributed by atoms with Gasteiger partial charge in [0.25, 0.3) is 5.91 Å². The van der Waals surface area contributed by atoms with E-state index >= 15 is 0 Å². The summed E-state index contributed by atoms with van der Waals surface area (Å²) in [5, 5.41) is 3.86. The van der Waals surface area contributed by atoms with Crippen LogP contribution in [0.15, 0.2) is 46.9 Å². The fourth-order valence-electron chi connectivity index (χ4n) is 2.64. The Balaban J connectivity index is 2.18. The van der Waals surface area contributed by atoms with Gasteiger partial charge in [-0.25, -0.2) is 0 Å². The molecule has 2 aromatic carbocycles. The van der Waals surface area contributed by atoms with Crippen molar-refractivity contribution in [2.45, 2.75) is 45.8 Å². The monoisotopic (exact) mass is 514 g/mol. The molecule has 0 spiro atoms. The van der Waals surface area contributed by atoms with Crippen molar-refractivity contribution < 1.29 is 14.3 Å². The van der Waals surface area contributed by atoms with Crippen LogP contribution in [0.1, 0.15) is 32.8 Å². The fraction of sp³-hybridized carbons (Fsp3) is 0.364. The first-order valence-corrected chi connectivity index (χ1v) is 11.2. The molecule has 8 heteroatoms. The first-order chi connectivity index (χ1) is 14.2. The van der Waals surface area contributed by atoms with E-state index in [4.69, 9.17) is 27.9 Å². The van der Waals surface area contributed by atoms with Gasteiger partial charge in [-0.1, -0.05) is 52.1 Å². The van der Waals surface area contributed by atoms with Gasteiger partial charge >= 0.3 is 0 Å². The van der Waals surface area contributed by atoms with Crippen LogP contribution in [0.3, 0.4) is 0 Å². The summed E-state index contributed by atoms with van der Waals surface area (Å²) in [5.74, 6) is 0.00917. The Morgan fingerprint density at radius 3 is 2.40 bits per heavy atom. The maximum Gasteiger partial charge on any atom is 0.261 e. The van der Waals surface area contributed by atoms with Gasteiger partial charge in [0.1, 0.15) is 11.8 Å². The van der Waals surface area contributed by atoms with Gasteiger partial charge in [0.05, 0.1) is 0 Å². The SMILES string of the molecule is CC[C@@H](C)NC(=O)[C@@H](C)N(Cc1ccc(Cl)cc1Cl)C(=O)COc1ccc(Br)cc1. The normalized spacial score (nSPS) is 12.7. The molecule has 0 bridgehead atoms. The lowest BCUT2D eigenvalue weighted by Gasteiger charge is -2.30. The zero-order valence-corrected chi connectivity index (χ0v) is 20.2. The lowest BCUT2D eigenvalue weighted by Crippen LogP contribution is -2.50. The van der Waals surface area contributed by atoms with E-state index in [1.165, 1.54) is 4.90 Å². The molecule has 0 fully saturated rings. The molecule has 0 radical (unpaired) electrons. The highest BCUT2D eigenvalue weighted by atomic mass is 79.9. The van der Waals surface area contributed by atoms with E-state index in [-0.39, 0.29) is 31.0 Å². The highest BCUT2D eigenvalue weighted by molar-refractivity contribution is 9.10. The summed E-state index contributed by atoms with van der Waals surface area (Å²) in [7, 11) is 0. The van der Waals surface area contributed by atoms with Gasteiger partial charge in [-0.2, -0.15) is 0 Å². The Labute approximate surface area is 195 Å². The predicted octanol–water partition coefficient (Wildman–Crippen LogP) is 5.47. The van der Waals surface area contributed by atoms with Crippen molar-refractivity contribution in [2.75, 3.05) is 6.61 Å². The second kappa shape index (κ2) is 11.6. The Bertz CT molecular complexity index is 877. The van der Waals surface area contributed by atoms with Crippen LogP contribution in [-0.2, 0) is 16.1 Å². The molecule has 0 saturated heterocycles. The molecule has 0 heterocycles. The minimum atomic E-state index is -0.702. The molecular formula is C22H25BrCl2N2O3. The number of benzene rings is 2. The summed E-state index contributed by atoms with van der Waals surface area (Å²) >= 11 is 15.6. The van der Waals surface area contributed by atoms with Crippen LogP contribution in [0.25, 0.3) is 0 Å². The van der Waals surface area contributed by atoms with E-state index in [0.29, 0.717) is 21.4 Å². The van der Waals surface area contributed by atoms with E-state index < -0.39 is 6.04 Å². The van der Waals surface area contributed by atoms with Crippen LogP contribution in [0.2, 0.25) is 10.0 Å². The van der Waals surface area contributed by atoms with Gasteiger partial charge in [0.15, 0.2) is 6.61 Å². The quantitative estimate of drug-likeness (QED) is 0.482. The fourth-order valence-corrected chi connectivity index (χ4v) is 3.37. The highest BCUT2D eigenvalue weighted by Crippen LogP contribution is 2.23. The molecule has 0 aliphatic carbocycles.